The molecule has 3 nitrogen and oxygen atoms in total. The number of hydrogen-bond acceptors (Lipinski definition) is 2. The van der Waals surface area contributed by atoms with Gasteiger partial charge in [-0.15, -0.1) is 6.58 Å². The van der Waals surface area contributed by atoms with Crippen LogP contribution >= 0.6 is 0 Å². The third-order valence-corrected chi connectivity index (χ3v) is 4.08. The fraction of sp³-hybridized carbons (Fsp3) is 0.429. The maximum absolute atomic E-state index is 12.1. The molecule has 0 fully saturated rings. The van der Waals surface area contributed by atoms with Gasteiger partial charge in [0.15, 0.2) is 0 Å². The van der Waals surface area contributed by atoms with Crippen LogP contribution in [0.4, 0.5) is 0 Å². The number of nitrogens with one attached hydrogen (secondary N) is 1. The molecule has 1 aromatic rings. The first kappa shape index (κ1) is 14.9. The number of ether oxygens (including phenoxy) is 1. The minimum absolute atomic E-state index is 0.129. The van der Waals surface area contributed by atoms with E-state index in [0.717, 1.165) is 11.3 Å². The summed E-state index contributed by atoms with van der Waals surface area (Å²) >= 11 is 0. The van der Waals surface area contributed by atoms with Crippen LogP contribution in [0.25, 0.3) is 0 Å². The summed E-state index contributed by atoms with van der Waals surface area (Å²) in [4.78, 5) is 0. The molecule has 0 saturated heterocycles. The molecule has 0 aliphatic heterocycles. The van der Waals surface area contributed by atoms with E-state index in [4.69, 9.17) is 4.74 Å². The van der Waals surface area contributed by atoms with Gasteiger partial charge < -0.3 is 4.74 Å². The topological polar surface area (TPSA) is 38.3 Å². The molecule has 0 radical (unpaired) electrons. The first-order valence-electron chi connectivity index (χ1n) is 5.83. The van der Waals surface area contributed by atoms with E-state index in [-0.39, 0.29) is 10.8 Å². The molecular formula is C14H21NO2S. The van der Waals surface area contributed by atoms with Crippen LogP contribution in [0, 0.1) is 0 Å². The monoisotopic (exact) mass is 267 g/mol. The Labute approximate surface area is 112 Å². The molecule has 18 heavy (non-hydrogen) atoms. The van der Waals surface area contributed by atoms with E-state index in [1.54, 1.807) is 13.2 Å². The Morgan fingerprint density at radius 3 is 2.28 bits per heavy atom. The first-order valence-corrected chi connectivity index (χ1v) is 6.98. The third-order valence-electron chi connectivity index (χ3n) is 2.50. The Kier molecular flexibility index (Phi) is 5.11. The van der Waals surface area contributed by atoms with Crippen molar-refractivity contribution in [3.05, 3.63) is 42.5 Å². The summed E-state index contributed by atoms with van der Waals surface area (Å²) in [5.41, 5.74) is 1.02. The van der Waals surface area contributed by atoms with Gasteiger partial charge in [-0.2, -0.15) is 0 Å². The largest absolute Gasteiger partial charge is 0.497 e. The first-order chi connectivity index (χ1) is 8.38. The predicted octanol–water partition coefficient (Wildman–Crippen LogP) is 2.97. The zero-order valence-corrected chi connectivity index (χ0v) is 12.2. The molecule has 0 saturated carbocycles. The van der Waals surface area contributed by atoms with Gasteiger partial charge in [-0.1, -0.05) is 18.2 Å². The van der Waals surface area contributed by atoms with E-state index in [0.29, 0.717) is 0 Å². The smallest absolute Gasteiger partial charge is 0.118 e. The van der Waals surface area contributed by atoms with Crippen LogP contribution in [0.15, 0.2) is 36.9 Å². The molecule has 0 heterocycles. The Morgan fingerprint density at radius 2 is 1.89 bits per heavy atom. The molecule has 4 heteroatoms. The zero-order valence-electron chi connectivity index (χ0n) is 11.4. The van der Waals surface area contributed by atoms with Crippen LogP contribution in [0.3, 0.4) is 0 Å². The molecule has 1 N–H and O–H groups in total. The van der Waals surface area contributed by atoms with E-state index in [2.05, 4.69) is 11.3 Å². The van der Waals surface area contributed by atoms with Crippen molar-refractivity contribution in [3.63, 3.8) is 0 Å². The molecule has 1 rings (SSSR count). The molecule has 0 spiro atoms. The molecule has 100 valence electrons. The molecule has 0 aliphatic carbocycles. The summed E-state index contributed by atoms with van der Waals surface area (Å²) in [6.07, 6.45) is 1.76. The van der Waals surface area contributed by atoms with Gasteiger partial charge in [0.05, 0.1) is 28.9 Å². The molecule has 1 aromatic carbocycles. The van der Waals surface area contributed by atoms with Crippen molar-refractivity contribution in [2.24, 2.45) is 0 Å². The minimum Gasteiger partial charge on any atom is -0.497 e. The van der Waals surface area contributed by atoms with Crippen LogP contribution in [-0.2, 0) is 11.0 Å². The maximum Gasteiger partial charge on any atom is 0.118 e. The molecular weight excluding hydrogens is 246 g/mol. The van der Waals surface area contributed by atoms with Crippen LogP contribution < -0.4 is 9.46 Å². The highest BCUT2D eigenvalue weighted by atomic mass is 32.2. The Hall–Kier alpha value is -1.13. The summed E-state index contributed by atoms with van der Waals surface area (Å²) in [6.45, 7) is 9.59. The fourth-order valence-corrected chi connectivity index (χ4v) is 2.17. The van der Waals surface area contributed by atoms with Crippen molar-refractivity contribution < 1.29 is 8.95 Å². The van der Waals surface area contributed by atoms with Gasteiger partial charge in [0, 0.05) is 0 Å². The van der Waals surface area contributed by atoms with Crippen molar-refractivity contribution in [3.8, 4) is 5.75 Å². The van der Waals surface area contributed by atoms with Gasteiger partial charge in [-0.3, -0.25) is 0 Å². The molecule has 2 atom stereocenters. The summed E-state index contributed by atoms with van der Waals surface area (Å²) in [7, 11) is 0.504. The number of rotatable bonds is 5. The van der Waals surface area contributed by atoms with Crippen molar-refractivity contribution in [2.75, 3.05) is 7.11 Å². The molecule has 0 aliphatic rings. The molecule has 0 aromatic heterocycles. The predicted molar refractivity (Wildman–Crippen MR) is 77.0 cm³/mol. The van der Waals surface area contributed by atoms with Gasteiger partial charge in [0.2, 0.25) is 0 Å². The molecule has 0 bridgehead atoms. The van der Waals surface area contributed by atoms with Gasteiger partial charge in [0.1, 0.15) is 5.75 Å². The average molecular weight is 267 g/mol. The van der Waals surface area contributed by atoms with E-state index < -0.39 is 11.0 Å². The van der Waals surface area contributed by atoms with E-state index >= 15 is 0 Å². The fourth-order valence-electron chi connectivity index (χ4n) is 1.36. The van der Waals surface area contributed by atoms with Crippen LogP contribution in [-0.4, -0.2) is 16.1 Å². The second kappa shape index (κ2) is 6.16. The number of hydrogen-bond donors (Lipinski definition) is 1. The Balaban J connectivity index is 2.83. The minimum atomic E-state index is -1.13. The molecule has 1 unspecified atom stereocenters. The van der Waals surface area contributed by atoms with Gasteiger partial charge >= 0.3 is 0 Å². The normalized spacial score (nSPS) is 14.9. The van der Waals surface area contributed by atoms with Crippen LogP contribution in [0.2, 0.25) is 0 Å². The summed E-state index contributed by atoms with van der Waals surface area (Å²) in [5.74, 6) is 0.804. The highest BCUT2D eigenvalue weighted by Crippen LogP contribution is 2.20. The lowest BCUT2D eigenvalue weighted by Crippen LogP contribution is -2.35. The highest BCUT2D eigenvalue weighted by Gasteiger charge is 2.22. The van der Waals surface area contributed by atoms with Gasteiger partial charge in [0.25, 0.3) is 0 Å². The quantitative estimate of drug-likeness (QED) is 0.833. The number of benzene rings is 1. The Bertz CT molecular complexity index is 420. The lowest BCUT2D eigenvalue weighted by atomic mass is 10.1. The second-order valence-corrected chi connectivity index (χ2v) is 6.98. The number of methoxy groups -OCH3 is 1. The lowest BCUT2D eigenvalue weighted by molar-refractivity contribution is 0.414. The second-order valence-electron chi connectivity index (χ2n) is 4.99. The van der Waals surface area contributed by atoms with Gasteiger partial charge in [-0.05, 0) is 38.5 Å². The zero-order chi connectivity index (χ0) is 13.8. The van der Waals surface area contributed by atoms with E-state index in [1.807, 2.05) is 45.0 Å². The van der Waals surface area contributed by atoms with Crippen molar-refractivity contribution >= 4 is 11.0 Å². The Morgan fingerprint density at radius 1 is 1.33 bits per heavy atom. The van der Waals surface area contributed by atoms with Crippen LogP contribution in [0.1, 0.15) is 32.4 Å². The standard InChI is InChI=1S/C14H21NO2S/c1-6-13(15-18(16)14(2,3)4)11-7-9-12(17-5)10-8-11/h6-10,13,15H,1H2,2-5H3/t13-,18?/m1/s1. The summed E-state index contributed by atoms with van der Waals surface area (Å²) in [5, 5.41) is 0. The third kappa shape index (κ3) is 3.96. The van der Waals surface area contributed by atoms with Crippen molar-refractivity contribution in [2.45, 2.75) is 31.6 Å². The lowest BCUT2D eigenvalue weighted by Gasteiger charge is -2.22. The molecule has 0 amide bonds. The summed E-state index contributed by atoms with van der Waals surface area (Å²) < 4.78 is 19.9. The van der Waals surface area contributed by atoms with Gasteiger partial charge in [-0.25, -0.2) is 8.93 Å². The average Bonchev–Trinajstić information content (AvgIpc) is 2.34. The van der Waals surface area contributed by atoms with E-state index in [1.165, 1.54) is 0 Å². The summed E-state index contributed by atoms with van der Waals surface area (Å²) in [6, 6.07) is 7.52. The van der Waals surface area contributed by atoms with Crippen LogP contribution in [0.5, 0.6) is 5.75 Å². The SMILES string of the molecule is C=C[C@@H](NS(=O)C(C)(C)C)c1ccc(OC)cc1. The van der Waals surface area contributed by atoms with Crippen molar-refractivity contribution in [1.82, 2.24) is 4.72 Å². The van der Waals surface area contributed by atoms with Crippen molar-refractivity contribution in [1.29, 1.82) is 0 Å². The highest BCUT2D eigenvalue weighted by molar-refractivity contribution is 7.84. The maximum atomic E-state index is 12.1. The van der Waals surface area contributed by atoms with E-state index in [9.17, 15) is 4.21 Å².